The van der Waals surface area contributed by atoms with Crippen LogP contribution in [0.3, 0.4) is 0 Å². The summed E-state index contributed by atoms with van der Waals surface area (Å²) in [5.74, 6) is 1.35. The molecule has 0 amide bonds. The Morgan fingerprint density at radius 3 is 2.55 bits per heavy atom. The predicted octanol–water partition coefficient (Wildman–Crippen LogP) is 4.27. The van der Waals surface area contributed by atoms with E-state index in [9.17, 15) is 5.11 Å². The first-order valence-electron chi connectivity index (χ1n) is 6.72. The Morgan fingerprint density at radius 1 is 1.14 bits per heavy atom. The molecule has 0 bridgehead atoms. The first-order chi connectivity index (χ1) is 10.7. The maximum atomic E-state index is 9.74. The molecule has 2 aromatic carbocycles. The number of aliphatic hydroxyl groups excluding tert-OH is 1. The van der Waals surface area contributed by atoms with Gasteiger partial charge in [-0.2, -0.15) is 0 Å². The lowest BCUT2D eigenvalue weighted by atomic mass is 10.0. The monoisotopic (exact) mass is 359 g/mol. The van der Waals surface area contributed by atoms with E-state index in [4.69, 9.17) is 9.26 Å². The van der Waals surface area contributed by atoms with Crippen LogP contribution in [0.2, 0.25) is 0 Å². The fraction of sp³-hybridized carbons (Fsp3) is 0.118. The van der Waals surface area contributed by atoms with Crippen molar-refractivity contribution >= 4 is 15.9 Å². The van der Waals surface area contributed by atoms with Gasteiger partial charge < -0.3 is 14.4 Å². The normalized spacial score (nSPS) is 10.7. The van der Waals surface area contributed by atoms with Gasteiger partial charge in [-0.1, -0.05) is 33.2 Å². The molecule has 112 valence electrons. The van der Waals surface area contributed by atoms with Crippen LogP contribution < -0.4 is 4.74 Å². The number of benzene rings is 2. The molecule has 0 saturated heterocycles. The third kappa shape index (κ3) is 2.77. The van der Waals surface area contributed by atoms with Gasteiger partial charge in [-0.15, -0.1) is 0 Å². The van der Waals surface area contributed by atoms with Gasteiger partial charge in [0, 0.05) is 15.6 Å². The summed E-state index contributed by atoms with van der Waals surface area (Å²) in [5.41, 5.74) is 3.05. The Bertz CT molecular complexity index is 781. The number of nitrogens with zero attached hydrogens (tertiary/aromatic N) is 1. The van der Waals surface area contributed by atoms with Crippen molar-refractivity contribution in [1.29, 1.82) is 0 Å². The standard InChI is InChI=1S/C17H14BrNO3/c1-21-14-7-5-11(6-8-14)16-15(10-20)17(22-19-16)12-3-2-4-13(18)9-12/h2-9,20H,10H2,1H3. The van der Waals surface area contributed by atoms with E-state index in [1.165, 1.54) is 0 Å². The van der Waals surface area contributed by atoms with Crippen molar-refractivity contribution in [2.45, 2.75) is 6.61 Å². The van der Waals surface area contributed by atoms with Gasteiger partial charge in [0.05, 0.1) is 19.3 Å². The van der Waals surface area contributed by atoms with E-state index in [1.54, 1.807) is 7.11 Å². The SMILES string of the molecule is COc1ccc(-c2noc(-c3cccc(Br)c3)c2CO)cc1. The van der Waals surface area contributed by atoms with Gasteiger partial charge in [0.1, 0.15) is 11.4 Å². The number of ether oxygens (including phenoxy) is 1. The number of hydrogen-bond acceptors (Lipinski definition) is 4. The minimum atomic E-state index is -0.146. The third-order valence-corrected chi connectivity index (χ3v) is 3.89. The lowest BCUT2D eigenvalue weighted by Crippen LogP contribution is -1.89. The van der Waals surface area contributed by atoms with Crippen molar-refractivity contribution in [2.75, 3.05) is 7.11 Å². The largest absolute Gasteiger partial charge is 0.497 e. The molecule has 0 aliphatic heterocycles. The molecule has 0 spiro atoms. The summed E-state index contributed by atoms with van der Waals surface area (Å²) in [6, 6.07) is 15.2. The third-order valence-electron chi connectivity index (χ3n) is 3.40. The first kappa shape index (κ1) is 14.8. The molecule has 3 rings (SSSR count). The molecule has 1 aromatic heterocycles. The highest BCUT2D eigenvalue weighted by atomic mass is 79.9. The minimum Gasteiger partial charge on any atom is -0.497 e. The smallest absolute Gasteiger partial charge is 0.173 e. The summed E-state index contributed by atoms with van der Waals surface area (Å²) in [7, 11) is 1.62. The summed E-state index contributed by atoms with van der Waals surface area (Å²) in [5, 5.41) is 13.9. The van der Waals surface area contributed by atoms with Gasteiger partial charge in [-0.25, -0.2) is 0 Å². The van der Waals surface area contributed by atoms with Crippen LogP contribution in [0.5, 0.6) is 5.75 Å². The zero-order valence-electron chi connectivity index (χ0n) is 11.9. The summed E-state index contributed by atoms with van der Waals surface area (Å²) < 4.78 is 11.6. The average Bonchev–Trinajstić information content (AvgIpc) is 2.99. The first-order valence-corrected chi connectivity index (χ1v) is 7.52. The molecule has 0 unspecified atom stereocenters. The molecule has 5 heteroatoms. The lowest BCUT2D eigenvalue weighted by molar-refractivity contribution is 0.281. The molecule has 0 fully saturated rings. The van der Waals surface area contributed by atoms with Crippen LogP contribution in [0.15, 0.2) is 57.5 Å². The summed E-state index contributed by atoms with van der Waals surface area (Å²) in [6.07, 6.45) is 0. The lowest BCUT2D eigenvalue weighted by Gasteiger charge is -2.03. The highest BCUT2D eigenvalue weighted by molar-refractivity contribution is 9.10. The Morgan fingerprint density at radius 2 is 1.91 bits per heavy atom. The second-order valence-electron chi connectivity index (χ2n) is 4.74. The quantitative estimate of drug-likeness (QED) is 0.755. The summed E-state index contributed by atoms with van der Waals surface area (Å²) in [6.45, 7) is -0.146. The predicted molar refractivity (Wildman–Crippen MR) is 87.5 cm³/mol. The van der Waals surface area contributed by atoms with E-state index in [0.717, 1.165) is 21.3 Å². The number of aliphatic hydroxyl groups is 1. The molecular formula is C17H14BrNO3. The molecule has 3 aromatic rings. The van der Waals surface area contributed by atoms with E-state index in [-0.39, 0.29) is 6.61 Å². The molecule has 22 heavy (non-hydrogen) atoms. The van der Waals surface area contributed by atoms with Crippen LogP contribution in [0.4, 0.5) is 0 Å². The molecule has 4 nitrogen and oxygen atoms in total. The molecular weight excluding hydrogens is 346 g/mol. The zero-order valence-corrected chi connectivity index (χ0v) is 13.5. The van der Waals surface area contributed by atoms with E-state index in [2.05, 4.69) is 21.1 Å². The van der Waals surface area contributed by atoms with Crippen LogP contribution >= 0.6 is 15.9 Å². The molecule has 0 atom stereocenters. The number of methoxy groups -OCH3 is 1. The summed E-state index contributed by atoms with van der Waals surface area (Å²) in [4.78, 5) is 0. The number of aromatic nitrogens is 1. The van der Waals surface area contributed by atoms with E-state index in [0.29, 0.717) is 17.0 Å². The Kier molecular flexibility index (Phi) is 4.27. The molecule has 0 aliphatic carbocycles. The molecule has 0 aliphatic rings. The van der Waals surface area contributed by atoms with Crippen LogP contribution in [-0.4, -0.2) is 17.4 Å². The van der Waals surface area contributed by atoms with E-state index < -0.39 is 0 Å². The molecule has 1 N–H and O–H groups in total. The van der Waals surface area contributed by atoms with Gasteiger partial charge in [0.25, 0.3) is 0 Å². The van der Waals surface area contributed by atoms with Gasteiger partial charge in [-0.05, 0) is 36.4 Å². The van der Waals surface area contributed by atoms with Crippen molar-refractivity contribution in [3.8, 4) is 28.3 Å². The highest BCUT2D eigenvalue weighted by Crippen LogP contribution is 2.33. The van der Waals surface area contributed by atoms with Crippen molar-refractivity contribution in [2.24, 2.45) is 0 Å². The second-order valence-corrected chi connectivity index (χ2v) is 5.65. The van der Waals surface area contributed by atoms with Gasteiger partial charge in [0.2, 0.25) is 0 Å². The zero-order chi connectivity index (χ0) is 15.5. The van der Waals surface area contributed by atoms with E-state index >= 15 is 0 Å². The molecule has 0 saturated carbocycles. The maximum absolute atomic E-state index is 9.74. The van der Waals surface area contributed by atoms with Crippen LogP contribution in [0, 0.1) is 0 Å². The average molecular weight is 360 g/mol. The topological polar surface area (TPSA) is 55.5 Å². The highest BCUT2D eigenvalue weighted by Gasteiger charge is 2.18. The van der Waals surface area contributed by atoms with Crippen LogP contribution in [0.1, 0.15) is 5.56 Å². The van der Waals surface area contributed by atoms with Gasteiger partial charge in [-0.3, -0.25) is 0 Å². The fourth-order valence-corrected chi connectivity index (χ4v) is 2.69. The van der Waals surface area contributed by atoms with Crippen molar-refractivity contribution in [1.82, 2.24) is 5.16 Å². The van der Waals surface area contributed by atoms with Crippen molar-refractivity contribution in [3.63, 3.8) is 0 Å². The Balaban J connectivity index is 2.06. The van der Waals surface area contributed by atoms with Crippen molar-refractivity contribution in [3.05, 3.63) is 58.6 Å². The maximum Gasteiger partial charge on any atom is 0.173 e. The van der Waals surface area contributed by atoms with Crippen LogP contribution in [-0.2, 0) is 6.61 Å². The van der Waals surface area contributed by atoms with Crippen LogP contribution in [0.25, 0.3) is 22.6 Å². The van der Waals surface area contributed by atoms with Gasteiger partial charge >= 0.3 is 0 Å². The Labute approximate surface area is 136 Å². The Hall–Kier alpha value is -2.11. The van der Waals surface area contributed by atoms with E-state index in [1.807, 2.05) is 48.5 Å². The second kappa shape index (κ2) is 6.34. The number of rotatable bonds is 4. The molecule has 1 heterocycles. The molecule has 0 radical (unpaired) electrons. The number of halogens is 1. The van der Waals surface area contributed by atoms with Crippen molar-refractivity contribution < 1.29 is 14.4 Å². The summed E-state index contributed by atoms with van der Waals surface area (Å²) >= 11 is 3.44. The minimum absolute atomic E-state index is 0.146. The fourth-order valence-electron chi connectivity index (χ4n) is 2.29. The van der Waals surface area contributed by atoms with Gasteiger partial charge in [0.15, 0.2) is 5.76 Å². The number of hydrogen-bond donors (Lipinski definition) is 1.